The Kier molecular flexibility index (Phi) is 2.39. The molecule has 0 aliphatic carbocycles. The van der Waals surface area contributed by atoms with Crippen LogP contribution in [0.3, 0.4) is 0 Å². The smallest absolute Gasteiger partial charge is 0.163 e. The van der Waals surface area contributed by atoms with Crippen molar-refractivity contribution in [1.82, 2.24) is 0 Å². The van der Waals surface area contributed by atoms with Gasteiger partial charge in [-0.15, -0.1) is 0 Å². The molecule has 9 heavy (non-hydrogen) atoms. The van der Waals surface area contributed by atoms with Crippen molar-refractivity contribution in [2.45, 2.75) is 0 Å². The van der Waals surface area contributed by atoms with Crippen molar-refractivity contribution >= 4 is 0 Å². The molecule has 0 fully saturated rings. The maximum absolute atomic E-state index is 8.07. The highest BCUT2D eigenvalue weighted by molar-refractivity contribution is 5.44. The van der Waals surface area contributed by atoms with Crippen LogP contribution in [0.4, 0.5) is 0 Å². The molecule has 0 spiro atoms. The Balaban J connectivity index is 4.78. The highest BCUT2D eigenvalue weighted by Crippen LogP contribution is 1.91. The fraction of sp³-hybridized carbons (Fsp3) is 0. The predicted molar refractivity (Wildman–Crippen MR) is 28.1 cm³/mol. The van der Waals surface area contributed by atoms with Crippen molar-refractivity contribution in [3.05, 3.63) is 11.3 Å². The van der Waals surface area contributed by atoms with E-state index in [4.69, 9.17) is 21.5 Å². The molecule has 0 aromatic heterocycles. The Morgan fingerprint density at radius 2 is 1.44 bits per heavy atom. The largest absolute Gasteiger partial charge is 0.388 e. The van der Waals surface area contributed by atoms with Gasteiger partial charge in [0.15, 0.2) is 5.57 Å². The Labute approximate surface area is 52.0 Å². The maximum Gasteiger partial charge on any atom is 0.163 e. The third-order valence-electron chi connectivity index (χ3n) is 0.613. The van der Waals surface area contributed by atoms with Crippen LogP contribution in [0.2, 0.25) is 0 Å². The Morgan fingerprint density at radius 1 is 1.00 bits per heavy atom. The number of rotatable bonds is 0. The summed E-state index contributed by atoms with van der Waals surface area (Å²) >= 11 is 0. The molecule has 4 heteroatoms. The second kappa shape index (κ2) is 3.07. The molecule has 0 amide bonds. The third kappa shape index (κ3) is 1.51. The van der Waals surface area contributed by atoms with E-state index >= 15 is 0 Å². The van der Waals surface area contributed by atoms with Crippen molar-refractivity contribution < 1.29 is 0 Å². The van der Waals surface area contributed by atoms with Gasteiger partial charge in [-0.25, -0.2) is 0 Å². The van der Waals surface area contributed by atoms with Gasteiger partial charge in [0.1, 0.15) is 23.9 Å². The summed E-state index contributed by atoms with van der Waals surface area (Å²) in [7, 11) is 0. The zero-order valence-corrected chi connectivity index (χ0v) is 4.42. The van der Waals surface area contributed by atoms with Gasteiger partial charge in [0, 0.05) is 0 Å². The standard InChI is InChI=1S/C5H2N4/c6-1-4(2-7)5(9)3-8/h9H2. The van der Waals surface area contributed by atoms with Crippen molar-refractivity contribution in [3.63, 3.8) is 0 Å². The van der Waals surface area contributed by atoms with Gasteiger partial charge in [-0.2, -0.15) is 15.8 Å². The second-order valence-corrected chi connectivity index (χ2v) is 1.12. The summed E-state index contributed by atoms with van der Waals surface area (Å²) in [6.45, 7) is 0. The number of nitrogens with two attached hydrogens (primary N) is 1. The lowest BCUT2D eigenvalue weighted by molar-refractivity contribution is 1.34. The molecule has 0 saturated heterocycles. The van der Waals surface area contributed by atoms with E-state index in [1.54, 1.807) is 0 Å². The first-order valence-electron chi connectivity index (χ1n) is 1.96. The van der Waals surface area contributed by atoms with Gasteiger partial charge in [0.25, 0.3) is 0 Å². The highest BCUT2D eigenvalue weighted by Gasteiger charge is 1.97. The number of hydrogen-bond donors (Lipinski definition) is 1. The number of hydrogen-bond acceptors (Lipinski definition) is 4. The summed E-state index contributed by atoms with van der Waals surface area (Å²) in [5, 5.41) is 24.2. The summed E-state index contributed by atoms with van der Waals surface area (Å²) in [6.07, 6.45) is 0. The van der Waals surface area contributed by atoms with Gasteiger partial charge < -0.3 is 5.73 Å². The van der Waals surface area contributed by atoms with Crippen LogP contribution in [0.5, 0.6) is 0 Å². The van der Waals surface area contributed by atoms with E-state index in [0.29, 0.717) is 0 Å². The molecule has 2 N–H and O–H groups in total. The van der Waals surface area contributed by atoms with Crippen molar-refractivity contribution in [2.24, 2.45) is 5.73 Å². The monoisotopic (exact) mass is 118 g/mol. The summed E-state index contributed by atoms with van der Waals surface area (Å²) in [4.78, 5) is 0. The van der Waals surface area contributed by atoms with E-state index < -0.39 is 0 Å². The minimum atomic E-state index is -0.336. The minimum Gasteiger partial charge on any atom is -0.388 e. The molecule has 0 saturated carbocycles. The number of nitriles is 3. The van der Waals surface area contributed by atoms with Gasteiger partial charge in [-0.05, 0) is 0 Å². The van der Waals surface area contributed by atoms with E-state index in [9.17, 15) is 0 Å². The number of nitrogens with zero attached hydrogens (tertiary/aromatic N) is 3. The molecule has 4 nitrogen and oxygen atoms in total. The zero-order valence-electron chi connectivity index (χ0n) is 4.42. The maximum atomic E-state index is 8.07. The molecule has 0 aromatic carbocycles. The van der Waals surface area contributed by atoms with E-state index in [0.717, 1.165) is 0 Å². The average Bonchev–Trinajstić information content (AvgIpc) is 1.90. The molecular formula is C5H2N4. The first-order chi connectivity index (χ1) is 4.26. The molecule has 42 valence electrons. The Morgan fingerprint density at radius 3 is 1.56 bits per heavy atom. The lowest BCUT2D eigenvalue weighted by Gasteiger charge is -1.79. The zero-order chi connectivity index (χ0) is 7.28. The van der Waals surface area contributed by atoms with Crippen molar-refractivity contribution in [3.8, 4) is 18.2 Å². The van der Waals surface area contributed by atoms with Gasteiger partial charge in [-0.3, -0.25) is 0 Å². The van der Waals surface area contributed by atoms with Crippen LogP contribution >= 0.6 is 0 Å². The van der Waals surface area contributed by atoms with Crippen LogP contribution in [-0.4, -0.2) is 0 Å². The van der Waals surface area contributed by atoms with Gasteiger partial charge in [0.2, 0.25) is 0 Å². The third-order valence-corrected chi connectivity index (χ3v) is 0.613. The normalized spacial score (nSPS) is 5.89. The Bertz CT molecular complexity index is 238. The molecular weight excluding hydrogens is 116 g/mol. The average molecular weight is 118 g/mol. The number of allylic oxidation sites excluding steroid dienone is 2. The lowest BCUT2D eigenvalue weighted by atomic mass is 10.3. The van der Waals surface area contributed by atoms with E-state index in [1.807, 2.05) is 0 Å². The molecule has 0 unspecified atom stereocenters. The predicted octanol–water partition coefficient (Wildman–Crippen LogP) is -0.230. The van der Waals surface area contributed by atoms with Crippen LogP contribution in [0.25, 0.3) is 0 Å². The van der Waals surface area contributed by atoms with Gasteiger partial charge >= 0.3 is 0 Å². The van der Waals surface area contributed by atoms with Gasteiger partial charge in [-0.1, -0.05) is 0 Å². The molecule has 0 heterocycles. The highest BCUT2D eigenvalue weighted by atomic mass is 14.6. The molecule has 0 radical (unpaired) electrons. The van der Waals surface area contributed by atoms with Crippen LogP contribution in [0.1, 0.15) is 0 Å². The van der Waals surface area contributed by atoms with E-state index in [2.05, 4.69) is 0 Å². The molecule has 0 atom stereocenters. The molecule has 0 aromatic rings. The lowest BCUT2D eigenvalue weighted by Crippen LogP contribution is -1.96. The van der Waals surface area contributed by atoms with Crippen molar-refractivity contribution in [2.75, 3.05) is 0 Å². The van der Waals surface area contributed by atoms with Crippen LogP contribution in [0, 0.1) is 34.0 Å². The fourth-order valence-corrected chi connectivity index (χ4v) is 0.201. The first-order valence-corrected chi connectivity index (χ1v) is 1.96. The molecule has 0 rings (SSSR count). The summed E-state index contributed by atoms with van der Waals surface area (Å²) < 4.78 is 0. The van der Waals surface area contributed by atoms with Crippen LogP contribution in [0.15, 0.2) is 11.3 Å². The molecule has 0 aliphatic rings. The summed E-state index contributed by atoms with van der Waals surface area (Å²) in [6, 6.07) is 4.43. The van der Waals surface area contributed by atoms with Crippen LogP contribution < -0.4 is 5.73 Å². The van der Waals surface area contributed by atoms with E-state index in [1.165, 1.54) is 18.2 Å². The summed E-state index contributed by atoms with van der Waals surface area (Å²) in [5.41, 5.74) is 4.24. The van der Waals surface area contributed by atoms with Crippen LogP contribution in [-0.2, 0) is 0 Å². The second-order valence-electron chi connectivity index (χ2n) is 1.12. The minimum absolute atomic E-state index is 0.333. The first kappa shape index (κ1) is 7.01. The molecule has 0 aliphatic heterocycles. The van der Waals surface area contributed by atoms with Crippen molar-refractivity contribution in [1.29, 1.82) is 15.8 Å². The van der Waals surface area contributed by atoms with E-state index in [-0.39, 0.29) is 11.3 Å². The fourth-order valence-electron chi connectivity index (χ4n) is 0.201. The van der Waals surface area contributed by atoms with Gasteiger partial charge in [0.05, 0.1) is 0 Å². The topological polar surface area (TPSA) is 97.4 Å². The molecule has 0 bridgehead atoms. The Hall–Kier alpha value is -1.99. The SMILES string of the molecule is N#CC(N)=C(C#N)C#N. The quantitative estimate of drug-likeness (QED) is 0.444. The summed E-state index contributed by atoms with van der Waals surface area (Å²) in [5.74, 6) is 0.